The van der Waals surface area contributed by atoms with Gasteiger partial charge in [-0.3, -0.25) is 4.79 Å². The monoisotopic (exact) mass is 299 g/mol. The Hall–Kier alpha value is -1.60. The first-order chi connectivity index (χ1) is 9.27. The van der Waals surface area contributed by atoms with Crippen molar-refractivity contribution < 1.29 is 13.2 Å². The van der Waals surface area contributed by atoms with Gasteiger partial charge in [0.15, 0.2) is 0 Å². The van der Waals surface area contributed by atoms with E-state index in [4.69, 9.17) is 5.73 Å². The summed E-state index contributed by atoms with van der Waals surface area (Å²) in [5.74, 6) is -0.321. The number of benzene rings is 1. The predicted octanol–water partition coefficient (Wildman–Crippen LogP) is 0.724. The molecule has 1 aromatic rings. The van der Waals surface area contributed by atoms with Gasteiger partial charge < -0.3 is 11.1 Å². The number of rotatable bonds is 6. The van der Waals surface area contributed by atoms with Gasteiger partial charge in [-0.25, -0.2) is 8.42 Å². The van der Waals surface area contributed by atoms with Gasteiger partial charge in [0, 0.05) is 19.3 Å². The Balaban J connectivity index is 2.89. The van der Waals surface area contributed by atoms with Crippen LogP contribution in [0.15, 0.2) is 23.1 Å². The molecule has 0 heterocycles. The number of hydrogen-bond donors (Lipinski definition) is 2. The van der Waals surface area contributed by atoms with E-state index in [9.17, 15) is 13.2 Å². The van der Waals surface area contributed by atoms with E-state index in [0.29, 0.717) is 12.2 Å². The molecule has 0 saturated heterocycles. The fourth-order valence-corrected chi connectivity index (χ4v) is 2.98. The molecule has 112 valence electrons. The fraction of sp³-hybridized carbons (Fsp3) is 0.462. The molecule has 0 aliphatic rings. The molecule has 7 heteroatoms. The summed E-state index contributed by atoms with van der Waals surface area (Å²) in [6.07, 6.45) is 0.802. The lowest BCUT2D eigenvalue weighted by molar-refractivity contribution is -0.121. The van der Waals surface area contributed by atoms with E-state index >= 15 is 0 Å². The van der Waals surface area contributed by atoms with Gasteiger partial charge in [-0.05, 0) is 37.1 Å². The summed E-state index contributed by atoms with van der Waals surface area (Å²) >= 11 is 0. The number of carbonyl (C=O) groups is 1. The third kappa shape index (κ3) is 4.21. The van der Waals surface area contributed by atoms with Crippen molar-refractivity contribution in [2.75, 3.05) is 25.9 Å². The number of nitrogens with two attached hydrogens (primary N) is 1. The van der Waals surface area contributed by atoms with E-state index in [1.54, 1.807) is 13.0 Å². The Labute approximate surface area is 120 Å². The highest BCUT2D eigenvalue weighted by molar-refractivity contribution is 7.89. The number of likely N-dealkylation sites (N-methyl/N-ethyl adjacent to an activating group) is 1. The highest BCUT2D eigenvalue weighted by atomic mass is 32.2. The van der Waals surface area contributed by atoms with Crippen LogP contribution in [0.4, 0.5) is 5.69 Å². The average Bonchev–Trinajstić information content (AvgIpc) is 2.35. The van der Waals surface area contributed by atoms with Crippen LogP contribution in [0.1, 0.15) is 18.9 Å². The van der Waals surface area contributed by atoms with Crippen molar-refractivity contribution in [1.82, 2.24) is 9.62 Å². The highest BCUT2D eigenvalue weighted by Gasteiger charge is 2.23. The number of hydrogen-bond acceptors (Lipinski definition) is 4. The van der Waals surface area contributed by atoms with Crippen molar-refractivity contribution in [3.8, 4) is 0 Å². The lowest BCUT2D eigenvalue weighted by Gasteiger charge is -2.17. The minimum Gasteiger partial charge on any atom is -0.399 e. The van der Waals surface area contributed by atoms with Crippen molar-refractivity contribution in [1.29, 1.82) is 0 Å². The first kappa shape index (κ1) is 16.5. The number of nitrogens with one attached hydrogen (secondary N) is 1. The molecule has 1 aromatic carbocycles. The summed E-state index contributed by atoms with van der Waals surface area (Å²) in [6, 6.07) is 4.61. The normalized spacial score (nSPS) is 11.6. The molecule has 1 amide bonds. The molecule has 0 spiro atoms. The summed E-state index contributed by atoms with van der Waals surface area (Å²) in [7, 11) is -2.34. The number of nitrogen functional groups attached to an aromatic ring is 1. The molecule has 0 unspecified atom stereocenters. The maximum absolute atomic E-state index is 12.3. The highest BCUT2D eigenvalue weighted by Crippen LogP contribution is 2.19. The van der Waals surface area contributed by atoms with Gasteiger partial charge in [-0.1, -0.05) is 6.92 Å². The van der Waals surface area contributed by atoms with Crippen LogP contribution < -0.4 is 11.1 Å². The average molecular weight is 299 g/mol. The van der Waals surface area contributed by atoms with E-state index in [1.807, 2.05) is 6.92 Å². The molecule has 3 N–H and O–H groups in total. The smallest absolute Gasteiger partial charge is 0.243 e. The van der Waals surface area contributed by atoms with Crippen molar-refractivity contribution >= 4 is 21.6 Å². The van der Waals surface area contributed by atoms with E-state index < -0.39 is 10.0 Å². The lowest BCUT2D eigenvalue weighted by atomic mass is 10.2. The van der Waals surface area contributed by atoms with Crippen LogP contribution in [0, 0.1) is 6.92 Å². The second kappa shape index (κ2) is 6.71. The molecule has 0 radical (unpaired) electrons. The molecule has 0 bridgehead atoms. The number of nitrogens with zero attached hydrogens (tertiary/aromatic N) is 1. The minimum atomic E-state index is -3.71. The van der Waals surface area contributed by atoms with E-state index in [2.05, 4.69) is 5.32 Å². The molecule has 0 fully saturated rings. The number of carbonyl (C=O) groups excluding carboxylic acids is 1. The molecule has 1 rings (SSSR count). The Bertz CT molecular complexity index is 564. The van der Waals surface area contributed by atoms with Crippen LogP contribution in [-0.4, -0.2) is 38.8 Å². The number of aryl methyl sites for hydroxylation is 1. The first-order valence-corrected chi connectivity index (χ1v) is 7.81. The molecule has 6 nitrogen and oxygen atoms in total. The van der Waals surface area contributed by atoms with E-state index in [0.717, 1.165) is 16.3 Å². The summed E-state index contributed by atoms with van der Waals surface area (Å²) in [6.45, 7) is 4.01. The van der Waals surface area contributed by atoms with Gasteiger partial charge in [-0.2, -0.15) is 4.31 Å². The van der Waals surface area contributed by atoms with Gasteiger partial charge in [0.2, 0.25) is 15.9 Å². The third-order valence-corrected chi connectivity index (χ3v) is 4.50. The standard InChI is InChI=1S/C13H21N3O3S/c1-4-5-15-13(17)9-16(3)20(18,19)12-7-10(2)6-11(14)8-12/h6-8H,4-5,9,14H2,1-3H3,(H,15,17). The Morgan fingerprint density at radius 3 is 2.55 bits per heavy atom. The molecule has 0 aliphatic heterocycles. The van der Waals surface area contributed by atoms with Gasteiger partial charge in [0.1, 0.15) is 0 Å². The molecular weight excluding hydrogens is 278 g/mol. The van der Waals surface area contributed by atoms with Crippen molar-refractivity contribution in [3.63, 3.8) is 0 Å². The van der Waals surface area contributed by atoms with E-state index in [-0.39, 0.29) is 17.3 Å². The molecule has 0 saturated carbocycles. The van der Waals surface area contributed by atoms with E-state index in [1.165, 1.54) is 19.2 Å². The zero-order valence-corrected chi connectivity index (χ0v) is 12.8. The number of amides is 1. The Morgan fingerprint density at radius 2 is 2.00 bits per heavy atom. The van der Waals surface area contributed by atoms with Gasteiger partial charge >= 0.3 is 0 Å². The molecule has 0 aromatic heterocycles. The second-order valence-electron chi connectivity index (χ2n) is 4.69. The van der Waals surface area contributed by atoms with Gasteiger partial charge in [-0.15, -0.1) is 0 Å². The number of anilines is 1. The van der Waals surface area contributed by atoms with Crippen molar-refractivity contribution in [3.05, 3.63) is 23.8 Å². The zero-order chi connectivity index (χ0) is 15.3. The summed E-state index contributed by atoms with van der Waals surface area (Å²) < 4.78 is 25.7. The molecule has 20 heavy (non-hydrogen) atoms. The Morgan fingerprint density at radius 1 is 1.35 bits per heavy atom. The predicted molar refractivity (Wildman–Crippen MR) is 78.7 cm³/mol. The minimum absolute atomic E-state index is 0.0980. The second-order valence-corrected chi connectivity index (χ2v) is 6.74. The molecule has 0 aliphatic carbocycles. The first-order valence-electron chi connectivity index (χ1n) is 6.37. The fourth-order valence-electron chi connectivity index (χ4n) is 1.71. The largest absolute Gasteiger partial charge is 0.399 e. The van der Waals surface area contributed by atoms with Crippen LogP contribution >= 0.6 is 0 Å². The molecule has 0 atom stereocenters. The Kier molecular flexibility index (Phi) is 5.52. The molecular formula is C13H21N3O3S. The third-order valence-electron chi connectivity index (χ3n) is 2.72. The maximum atomic E-state index is 12.3. The summed E-state index contributed by atoms with van der Waals surface area (Å²) in [5.41, 5.74) is 6.80. The van der Waals surface area contributed by atoms with Crippen LogP contribution in [0.2, 0.25) is 0 Å². The van der Waals surface area contributed by atoms with Crippen LogP contribution in [-0.2, 0) is 14.8 Å². The van der Waals surface area contributed by atoms with Gasteiger partial charge in [0.25, 0.3) is 0 Å². The maximum Gasteiger partial charge on any atom is 0.243 e. The van der Waals surface area contributed by atoms with Crippen molar-refractivity contribution in [2.24, 2.45) is 0 Å². The van der Waals surface area contributed by atoms with Crippen LogP contribution in [0.3, 0.4) is 0 Å². The summed E-state index contributed by atoms with van der Waals surface area (Å²) in [4.78, 5) is 11.7. The zero-order valence-electron chi connectivity index (χ0n) is 12.0. The quantitative estimate of drug-likeness (QED) is 0.757. The summed E-state index contributed by atoms with van der Waals surface area (Å²) in [5, 5.41) is 2.64. The van der Waals surface area contributed by atoms with Crippen LogP contribution in [0.5, 0.6) is 0 Å². The topological polar surface area (TPSA) is 92.5 Å². The SMILES string of the molecule is CCCNC(=O)CN(C)S(=O)(=O)c1cc(C)cc(N)c1. The van der Waals surface area contributed by atoms with Gasteiger partial charge in [0.05, 0.1) is 11.4 Å². The number of sulfonamides is 1. The van der Waals surface area contributed by atoms with Crippen molar-refractivity contribution in [2.45, 2.75) is 25.2 Å². The van der Waals surface area contributed by atoms with Crippen LogP contribution in [0.25, 0.3) is 0 Å². The lowest BCUT2D eigenvalue weighted by Crippen LogP contribution is -2.38.